The third-order valence-electron chi connectivity index (χ3n) is 10.6. The monoisotopic (exact) mass is 623 g/mol. The fourth-order valence-electron chi connectivity index (χ4n) is 7.62. The molecule has 1 saturated heterocycles. The van der Waals surface area contributed by atoms with E-state index in [2.05, 4.69) is 23.6 Å². The van der Waals surface area contributed by atoms with Crippen LogP contribution in [0.15, 0.2) is 11.6 Å². The number of ether oxygens (including phenoxy) is 1. The lowest BCUT2D eigenvalue weighted by Gasteiger charge is -2.49. The van der Waals surface area contributed by atoms with E-state index in [0.29, 0.717) is 13.0 Å². The summed E-state index contributed by atoms with van der Waals surface area (Å²) in [7, 11) is -2.23. The maximum Gasteiger partial charge on any atom is 0.328 e. The van der Waals surface area contributed by atoms with Gasteiger partial charge in [-0.05, 0) is 89.9 Å². The molecule has 0 spiro atoms. The van der Waals surface area contributed by atoms with E-state index in [1.807, 2.05) is 27.7 Å². The summed E-state index contributed by atoms with van der Waals surface area (Å²) in [5.41, 5.74) is -0.356. The zero-order chi connectivity index (χ0) is 32.4. The minimum atomic E-state index is -3.57. The molecule has 6 atom stereocenters. The Labute approximate surface area is 260 Å². The molecule has 2 N–H and O–H groups in total. The van der Waals surface area contributed by atoms with Gasteiger partial charge in [0.1, 0.15) is 12.1 Å². The molecule has 1 aliphatic heterocycles. The molecule has 3 aliphatic rings. The van der Waals surface area contributed by atoms with Crippen LogP contribution in [0.2, 0.25) is 0 Å². The van der Waals surface area contributed by atoms with Gasteiger partial charge in [-0.3, -0.25) is 4.79 Å². The largest absolute Gasteiger partial charge is 0.467 e. The van der Waals surface area contributed by atoms with Crippen molar-refractivity contribution in [2.45, 2.75) is 136 Å². The van der Waals surface area contributed by atoms with E-state index in [1.165, 1.54) is 7.11 Å². The minimum Gasteiger partial charge on any atom is -0.467 e. The number of esters is 1. The normalized spacial score (nSPS) is 30.2. The zero-order valence-electron chi connectivity index (χ0n) is 28.0. The number of carbonyl (C=O) groups excluding carboxylic acids is 3. The molecule has 2 aliphatic carbocycles. The molecule has 0 bridgehead atoms. The van der Waals surface area contributed by atoms with Gasteiger partial charge < -0.3 is 20.3 Å². The Balaban J connectivity index is 1.98. The van der Waals surface area contributed by atoms with Crippen LogP contribution in [0.25, 0.3) is 0 Å². The van der Waals surface area contributed by atoms with Crippen molar-refractivity contribution in [3.63, 3.8) is 0 Å². The van der Waals surface area contributed by atoms with Crippen molar-refractivity contribution >= 4 is 27.7 Å². The lowest BCUT2D eigenvalue weighted by Crippen LogP contribution is -2.68. The van der Waals surface area contributed by atoms with Crippen LogP contribution in [0, 0.1) is 23.2 Å². The third kappa shape index (κ3) is 7.77. The van der Waals surface area contributed by atoms with Crippen molar-refractivity contribution in [3.05, 3.63) is 11.6 Å². The molecule has 3 fully saturated rings. The van der Waals surface area contributed by atoms with Crippen molar-refractivity contribution in [2.75, 3.05) is 19.4 Å². The van der Waals surface area contributed by atoms with Gasteiger partial charge in [0.05, 0.1) is 23.1 Å². The van der Waals surface area contributed by atoms with Crippen LogP contribution in [-0.4, -0.2) is 73.0 Å². The number of hydrogen-bond acceptors (Lipinski definition) is 6. The summed E-state index contributed by atoms with van der Waals surface area (Å²) < 4.78 is 31.2. The van der Waals surface area contributed by atoms with Gasteiger partial charge >= 0.3 is 12.0 Å². The number of urea groups is 1. The fourth-order valence-corrected chi connectivity index (χ4v) is 9.32. The van der Waals surface area contributed by atoms with Crippen molar-refractivity contribution in [3.8, 4) is 0 Å². The lowest BCUT2D eigenvalue weighted by molar-refractivity contribution is -0.152. The number of allylic oxidation sites excluding steroid dienone is 1. The maximum atomic E-state index is 14.5. The SMILES string of the molecule is COC(=O)[C@@H]1C[C@@H](C=C(C)C)CN1C(=O)[C@@H](NC(=O)NC1(CS(=O)(=O)C(C)(C)C)[C@H](C)CCC[C@@H]1C)C1(C)CCCCC1. The number of amides is 3. The molecule has 0 radical (unpaired) electrons. The Bertz CT molecular complexity index is 1150. The second kappa shape index (κ2) is 13.5. The predicted octanol–water partition coefficient (Wildman–Crippen LogP) is 5.39. The number of carbonyl (C=O) groups is 3. The van der Waals surface area contributed by atoms with E-state index in [-0.39, 0.29) is 29.4 Å². The molecule has 0 aromatic heterocycles. The zero-order valence-corrected chi connectivity index (χ0v) is 28.9. The molecule has 3 rings (SSSR count). The van der Waals surface area contributed by atoms with Crippen LogP contribution in [-0.2, 0) is 24.2 Å². The quantitative estimate of drug-likeness (QED) is 0.276. The van der Waals surface area contributed by atoms with Gasteiger partial charge in [-0.25, -0.2) is 18.0 Å². The fraction of sp³-hybridized carbons (Fsp3) is 0.848. The Morgan fingerprint density at radius 1 is 1.02 bits per heavy atom. The van der Waals surface area contributed by atoms with E-state index >= 15 is 0 Å². The Kier molecular flexibility index (Phi) is 11.1. The van der Waals surface area contributed by atoms with Gasteiger partial charge in [0.2, 0.25) is 5.91 Å². The number of nitrogens with zero attached hydrogens (tertiary/aromatic N) is 1. The highest BCUT2D eigenvalue weighted by Crippen LogP contribution is 2.43. The molecule has 0 aromatic rings. The number of hydrogen-bond donors (Lipinski definition) is 2. The van der Waals surface area contributed by atoms with Crippen LogP contribution in [0.3, 0.4) is 0 Å². The second-order valence-corrected chi connectivity index (χ2v) is 17.9. The maximum absolute atomic E-state index is 14.5. The van der Waals surface area contributed by atoms with Crippen LogP contribution >= 0.6 is 0 Å². The van der Waals surface area contributed by atoms with Crippen molar-refractivity contribution in [1.29, 1.82) is 0 Å². The Morgan fingerprint density at radius 2 is 1.60 bits per heavy atom. The third-order valence-corrected chi connectivity index (χ3v) is 13.3. The van der Waals surface area contributed by atoms with E-state index in [1.54, 1.807) is 25.7 Å². The van der Waals surface area contributed by atoms with Gasteiger partial charge in [0.25, 0.3) is 0 Å². The number of likely N-dealkylation sites (tertiary alicyclic amines) is 1. The summed E-state index contributed by atoms with van der Waals surface area (Å²) in [5.74, 6) is -1.000. The molecule has 246 valence electrons. The van der Waals surface area contributed by atoms with E-state index in [9.17, 15) is 22.8 Å². The van der Waals surface area contributed by atoms with Gasteiger partial charge in [0, 0.05) is 6.54 Å². The van der Waals surface area contributed by atoms with E-state index in [0.717, 1.165) is 56.9 Å². The summed E-state index contributed by atoms with van der Waals surface area (Å²) >= 11 is 0. The average Bonchev–Trinajstić information content (AvgIpc) is 3.32. The lowest BCUT2D eigenvalue weighted by atomic mass is 9.68. The van der Waals surface area contributed by atoms with E-state index in [4.69, 9.17) is 4.74 Å². The first-order valence-electron chi connectivity index (χ1n) is 16.2. The van der Waals surface area contributed by atoms with Crippen LogP contribution < -0.4 is 10.6 Å². The average molecular weight is 624 g/mol. The number of nitrogens with one attached hydrogen (secondary N) is 2. The Morgan fingerprint density at radius 3 is 2.12 bits per heavy atom. The summed E-state index contributed by atoms with van der Waals surface area (Å²) in [4.78, 5) is 43.0. The number of sulfone groups is 1. The smallest absolute Gasteiger partial charge is 0.328 e. The van der Waals surface area contributed by atoms with Gasteiger partial charge in [-0.1, -0.05) is 58.1 Å². The first-order valence-corrected chi connectivity index (χ1v) is 17.9. The molecule has 43 heavy (non-hydrogen) atoms. The standard InChI is InChI=1S/C33H57N3O6S/c1-22(2)18-25-19-26(29(38)42-9)36(20-25)28(37)27(32(8)16-11-10-12-17-32)34-30(39)35-33(21-43(40,41)31(5,6)7)23(3)14-13-15-24(33)4/h18,23-27H,10-17,19-21H2,1-9H3,(H2,34,35,39)/t23-,24+,25-,26+,27-,33?/m1/s1. The van der Waals surface area contributed by atoms with Crippen LogP contribution in [0.4, 0.5) is 4.79 Å². The molecular formula is C33H57N3O6S. The summed E-state index contributed by atoms with van der Waals surface area (Å²) in [6.45, 7) is 15.6. The molecular weight excluding hydrogens is 566 g/mol. The highest BCUT2D eigenvalue weighted by molar-refractivity contribution is 7.92. The number of methoxy groups -OCH3 is 1. The Hall–Kier alpha value is -2.10. The summed E-state index contributed by atoms with van der Waals surface area (Å²) in [5, 5.41) is 6.24. The highest BCUT2D eigenvalue weighted by Gasteiger charge is 2.52. The van der Waals surface area contributed by atoms with Crippen LogP contribution in [0.1, 0.15) is 113 Å². The minimum absolute atomic E-state index is 0.0153. The van der Waals surface area contributed by atoms with Crippen molar-refractivity contribution in [2.24, 2.45) is 23.2 Å². The van der Waals surface area contributed by atoms with Crippen LogP contribution in [0.5, 0.6) is 0 Å². The predicted molar refractivity (Wildman–Crippen MR) is 170 cm³/mol. The van der Waals surface area contributed by atoms with Gasteiger partial charge in [-0.15, -0.1) is 0 Å². The van der Waals surface area contributed by atoms with E-state index < -0.39 is 49.6 Å². The highest BCUT2D eigenvalue weighted by atomic mass is 32.2. The number of rotatable bonds is 8. The van der Waals surface area contributed by atoms with Crippen molar-refractivity contribution < 1.29 is 27.5 Å². The summed E-state index contributed by atoms with van der Waals surface area (Å²) in [6, 6.07) is -2.11. The molecule has 0 aromatic carbocycles. The first kappa shape index (κ1) is 35.4. The molecule has 9 nitrogen and oxygen atoms in total. The molecule has 1 heterocycles. The van der Waals surface area contributed by atoms with Gasteiger partial charge in [-0.2, -0.15) is 0 Å². The topological polar surface area (TPSA) is 122 Å². The molecule has 2 saturated carbocycles. The molecule has 3 amide bonds. The molecule has 10 heteroatoms. The second-order valence-electron chi connectivity index (χ2n) is 15.2. The first-order chi connectivity index (χ1) is 19.9. The van der Waals surface area contributed by atoms with Gasteiger partial charge in [0.15, 0.2) is 9.84 Å². The molecule has 1 unspecified atom stereocenters. The van der Waals surface area contributed by atoms with Crippen molar-refractivity contribution in [1.82, 2.24) is 15.5 Å². The summed E-state index contributed by atoms with van der Waals surface area (Å²) in [6.07, 6.45) is 9.67.